The van der Waals surface area contributed by atoms with Gasteiger partial charge in [-0.25, -0.2) is 4.85 Å². The van der Waals surface area contributed by atoms with Crippen LogP contribution in [0.25, 0.3) is 87.3 Å². The molecule has 0 aliphatic carbocycles. The van der Waals surface area contributed by atoms with E-state index in [1.165, 1.54) is 38.2 Å². The lowest BCUT2D eigenvalue weighted by Gasteiger charge is -2.18. The molecule has 0 radical (unpaired) electrons. The summed E-state index contributed by atoms with van der Waals surface area (Å²) < 4.78 is 2.19. The predicted octanol–water partition coefficient (Wildman–Crippen LogP) is 12.5. The molecule has 0 amide bonds. The molecule has 0 spiro atoms. The third-order valence-corrected chi connectivity index (χ3v) is 9.62. The molecule has 0 atom stereocenters. The Bertz CT molecular complexity index is 2790. The number of nitriles is 1. The predicted molar refractivity (Wildman–Crippen MR) is 203 cm³/mol. The van der Waals surface area contributed by atoms with E-state index in [-0.39, 0.29) is 0 Å². The normalized spacial score (nSPS) is 11.2. The van der Waals surface area contributed by atoms with Crippen LogP contribution in [-0.2, 0) is 0 Å². The van der Waals surface area contributed by atoms with Gasteiger partial charge in [0.15, 0.2) is 5.69 Å². The summed E-state index contributed by atoms with van der Waals surface area (Å²) >= 11 is 0. The molecule has 0 fully saturated rings. The van der Waals surface area contributed by atoms with Crippen LogP contribution in [0.4, 0.5) is 5.69 Å². The molecule has 8 aromatic carbocycles. The van der Waals surface area contributed by atoms with Crippen LogP contribution in [0.2, 0.25) is 0 Å². The second-order valence-corrected chi connectivity index (χ2v) is 12.3. The van der Waals surface area contributed by atoms with Crippen LogP contribution in [0.5, 0.6) is 0 Å². The minimum absolute atomic E-state index is 0.586. The van der Waals surface area contributed by atoms with Crippen molar-refractivity contribution in [2.24, 2.45) is 0 Å². The lowest BCUT2D eigenvalue weighted by atomic mass is 9.85. The molecule has 9 aromatic rings. The summed E-state index contributed by atoms with van der Waals surface area (Å²) in [6.07, 6.45) is 0. The molecule has 49 heavy (non-hydrogen) atoms. The van der Waals surface area contributed by atoms with E-state index in [9.17, 15) is 5.26 Å². The van der Waals surface area contributed by atoms with E-state index in [1.54, 1.807) is 0 Å². The van der Waals surface area contributed by atoms with Crippen LogP contribution in [0, 0.1) is 17.9 Å². The molecule has 0 unspecified atom stereocenters. The molecule has 0 saturated carbocycles. The highest BCUT2D eigenvalue weighted by Gasteiger charge is 2.18. The van der Waals surface area contributed by atoms with Gasteiger partial charge < -0.3 is 4.57 Å². The van der Waals surface area contributed by atoms with Crippen LogP contribution in [0.3, 0.4) is 0 Å². The highest BCUT2D eigenvalue weighted by molar-refractivity contribution is 6.21. The maximum absolute atomic E-state index is 9.57. The molecule has 0 N–H and O–H groups in total. The molecule has 226 valence electrons. The van der Waals surface area contributed by atoms with Gasteiger partial charge in [-0.05, 0) is 97.4 Å². The zero-order valence-corrected chi connectivity index (χ0v) is 26.4. The molecule has 0 saturated heterocycles. The zero-order valence-electron chi connectivity index (χ0n) is 26.4. The van der Waals surface area contributed by atoms with Crippen molar-refractivity contribution in [3.05, 3.63) is 181 Å². The van der Waals surface area contributed by atoms with Gasteiger partial charge >= 0.3 is 0 Å². The molecule has 9 rings (SSSR count). The number of nitrogens with zero attached hydrogens (tertiary/aromatic N) is 3. The quantitative estimate of drug-likeness (QED) is 0.142. The topological polar surface area (TPSA) is 33.1 Å². The Hall–Kier alpha value is -6.94. The van der Waals surface area contributed by atoms with E-state index in [4.69, 9.17) is 6.57 Å². The van der Waals surface area contributed by atoms with Gasteiger partial charge in [-0.1, -0.05) is 121 Å². The molecule has 0 aliphatic heterocycles. The van der Waals surface area contributed by atoms with Gasteiger partial charge in [0.25, 0.3) is 0 Å². The molecule has 1 heterocycles. The number of aromatic nitrogens is 1. The second kappa shape index (κ2) is 11.4. The number of hydrogen-bond acceptors (Lipinski definition) is 1. The minimum atomic E-state index is 0.586. The average Bonchev–Trinajstić information content (AvgIpc) is 3.50. The Balaban J connectivity index is 1.23. The molecular weight excluding hydrogens is 595 g/mol. The zero-order chi connectivity index (χ0) is 32.9. The van der Waals surface area contributed by atoms with Crippen molar-refractivity contribution < 1.29 is 0 Å². The summed E-state index contributed by atoms with van der Waals surface area (Å²) in [5, 5.41) is 16.5. The van der Waals surface area contributed by atoms with Gasteiger partial charge in [0.2, 0.25) is 0 Å². The second-order valence-electron chi connectivity index (χ2n) is 12.3. The summed E-state index contributed by atoms with van der Waals surface area (Å²) in [6.45, 7) is 8.25. The van der Waals surface area contributed by atoms with Gasteiger partial charge in [0.1, 0.15) is 0 Å². The van der Waals surface area contributed by atoms with E-state index < -0.39 is 0 Å². The first-order valence-corrected chi connectivity index (χ1v) is 16.3. The lowest BCUT2D eigenvalue weighted by molar-refractivity contribution is 1.18. The van der Waals surface area contributed by atoms with E-state index >= 15 is 0 Å². The van der Waals surface area contributed by atoms with Gasteiger partial charge in [-0.15, -0.1) is 0 Å². The Morgan fingerprint density at radius 2 is 1.04 bits per heavy atom. The number of para-hydroxylation sites is 1. The van der Waals surface area contributed by atoms with Gasteiger partial charge in [-0.2, -0.15) is 5.26 Å². The number of hydrogen-bond donors (Lipinski definition) is 0. The maximum Gasteiger partial charge on any atom is 0.196 e. The number of fused-ring (bicyclic) bond motifs is 5. The lowest BCUT2D eigenvalue weighted by Crippen LogP contribution is -1.94. The Labute approximate surface area is 284 Å². The summed E-state index contributed by atoms with van der Waals surface area (Å²) in [6, 6.07) is 59.1. The Morgan fingerprint density at radius 1 is 0.469 bits per heavy atom. The fraction of sp³-hybridized carbons (Fsp3) is 0. The first kappa shape index (κ1) is 28.3. The van der Waals surface area contributed by atoms with E-state index in [1.807, 2.05) is 36.4 Å². The van der Waals surface area contributed by atoms with Crippen molar-refractivity contribution in [2.45, 2.75) is 0 Å². The Kier molecular flexibility index (Phi) is 6.58. The first-order valence-electron chi connectivity index (χ1n) is 16.3. The summed E-state index contributed by atoms with van der Waals surface area (Å²) in [5.41, 5.74) is 10.8. The van der Waals surface area contributed by atoms with Gasteiger partial charge in [-0.3, -0.25) is 0 Å². The molecule has 3 nitrogen and oxygen atoms in total. The first-order chi connectivity index (χ1) is 24.2. The maximum atomic E-state index is 9.57. The van der Waals surface area contributed by atoms with E-state index in [0.717, 1.165) is 44.2 Å². The summed E-state index contributed by atoms with van der Waals surface area (Å²) in [7, 11) is 0. The third kappa shape index (κ3) is 4.49. The Morgan fingerprint density at radius 3 is 1.71 bits per heavy atom. The minimum Gasteiger partial charge on any atom is -0.311 e. The standard InChI is InChI=1S/C46H27N3/c1-48-42-28-34(49-43-21-10-9-16-36(43)41-26-30(29-47)22-25-44(41)49)23-24-35(42)32-14-11-15-33(27-32)46-39-19-7-5-17-37(39)45(31-12-3-2-4-13-31)38-18-6-8-20-40(38)46/h2-28H. The van der Waals surface area contributed by atoms with Crippen molar-refractivity contribution in [3.8, 4) is 45.1 Å². The van der Waals surface area contributed by atoms with Crippen LogP contribution in [0.1, 0.15) is 5.56 Å². The molecule has 0 aliphatic rings. The van der Waals surface area contributed by atoms with Crippen LogP contribution in [-0.4, -0.2) is 4.57 Å². The van der Waals surface area contributed by atoms with Crippen molar-refractivity contribution in [3.63, 3.8) is 0 Å². The molecule has 1 aromatic heterocycles. The summed E-state index contributed by atoms with van der Waals surface area (Å²) in [5.74, 6) is 0. The number of rotatable bonds is 4. The largest absolute Gasteiger partial charge is 0.311 e. The SMILES string of the molecule is [C-]#[N+]c1cc(-n2c3ccccc3c3cc(C#N)ccc32)ccc1-c1cccc(-c2c3ccccc3c(-c3ccccc3)c3ccccc23)c1. The fourth-order valence-corrected chi connectivity index (χ4v) is 7.51. The summed E-state index contributed by atoms with van der Waals surface area (Å²) in [4.78, 5) is 4.05. The third-order valence-electron chi connectivity index (χ3n) is 9.62. The molecule has 3 heteroatoms. The van der Waals surface area contributed by atoms with Crippen molar-refractivity contribution in [2.75, 3.05) is 0 Å². The van der Waals surface area contributed by atoms with E-state index in [0.29, 0.717) is 11.3 Å². The average molecular weight is 622 g/mol. The smallest absolute Gasteiger partial charge is 0.196 e. The van der Waals surface area contributed by atoms with Crippen molar-refractivity contribution in [1.82, 2.24) is 4.57 Å². The van der Waals surface area contributed by atoms with Crippen LogP contribution >= 0.6 is 0 Å². The monoisotopic (exact) mass is 621 g/mol. The van der Waals surface area contributed by atoms with E-state index in [2.05, 4.69) is 143 Å². The fourth-order valence-electron chi connectivity index (χ4n) is 7.51. The van der Waals surface area contributed by atoms with Crippen LogP contribution < -0.4 is 0 Å². The van der Waals surface area contributed by atoms with Crippen molar-refractivity contribution >= 4 is 49.0 Å². The van der Waals surface area contributed by atoms with Crippen LogP contribution in [0.15, 0.2) is 164 Å². The highest BCUT2D eigenvalue weighted by Crippen LogP contribution is 2.45. The van der Waals surface area contributed by atoms with Gasteiger partial charge in [0.05, 0.1) is 29.2 Å². The highest BCUT2D eigenvalue weighted by atomic mass is 15.0. The van der Waals surface area contributed by atoms with Crippen molar-refractivity contribution in [1.29, 1.82) is 5.26 Å². The molecular formula is C46H27N3. The van der Waals surface area contributed by atoms with Gasteiger partial charge in [0, 0.05) is 16.5 Å². The number of benzene rings is 8. The molecule has 0 bridgehead atoms.